The molecule has 0 saturated heterocycles. The molecule has 100 valence electrons. The van der Waals surface area contributed by atoms with Crippen molar-refractivity contribution in [3.63, 3.8) is 0 Å². The first-order chi connectivity index (χ1) is 9.81. The van der Waals surface area contributed by atoms with Crippen LogP contribution in [0.2, 0.25) is 0 Å². The SMILES string of the molecule is Cc1cc(SCc2cnsn2)nc(-c2ccccn2)n1. The van der Waals surface area contributed by atoms with Gasteiger partial charge in [-0.05, 0) is 25.1 Å². The molecule has 0 fully saturated rings. The lowest BCUT2D eigenvalue weighted by molar-refractivity contribution is 1.00. The number of aromatic nitrogens is 5. The molecule has 0 aromatic carbocycles. The molecular weight excluding hydrogens is 290 g/mol. The van der Waals surface area contributed by atoms with Crippen LogP contribution in [0.1, 0.15) is 11.4 Å². The Morgan fingerprint density at radius 3 is 2.95 bits per heavy atom. The fraction of sp³-hybridized carbons (Fsp3) is 0.154. The smallest absolute Gasteiger partial charge is 0.179 e. The Labute approximate surface area is 124 Å². The number of hydrogen-bond acceptors (Lipinski definition) is 7. The summed E-state index contributed by atoms with van der Waals surface area (Å²) in [6, 6.07) is 7.69. The van der Waals surface area contributed by atoms with Crippen LogP contribution in [0.3, 0.4) is 0 Å². The molecule has 3 aromatic rings. The highest BCUT2D eigenvalue weighted by Gasteiger charge is 2.07. The first-order valence-corrected chi connectivity index (χ1v) is 7.69. The van der Waals surface area contributed by atoms with E-state index in [1.807, 2.05) is 31.2 Å². The van der Waals surface area contributed by atoms with Gasteiger partial charge in [-0.3, -0.25) is 4.98 Å². The maximum absolute atomic E-state index is 4.55. The molecule has 3 aromatic heterocycles. The van der Waals surface area contributed by atoms with Crippen LogP contribution in [0.5, 0.6) is 0 Å². The van der Waals surface area contributed by atoms with E-state index in [2.05, 4.69) is 23.7 Å². The molecule has 0 unspecified atom stereocenters. The van der Waals surface area contributed by atoms with Crippen LogP contribution in [-0.2, 0) is 5.75 Å². The average Bonchev–Trinajstić information content (AvgIpc) is 2.99. The Hall–Kier alpha value is -1.86. The van der Waals surface area contributed by atoms with Gasteiger partial charge in [-0.15, -0.1) is 0 Å². The topological polar surface area (TPSA) is 64.5 Å². The molecule has 0 N–H and O–H groups in total. The lowest BCUT2D eigenvalue weighted by Crippen LogP contribution is -1.95. The van der Waals surface area contributed by atoms with Crippen molar-refractivity contribution in [2.24, 2.45) is 0 Å². The Bertz CT molecular complexity index is 685. The van der Waals surface area contributed by atoms with Crippen LogP contribution < -0.4 is 0 Å². The van der Waals surface area contributed by atoms with Crippen molar-refractivity contribution in [2.75, 3.05) is 0 Å². The molecule has 0 aliphatic heterocycles. The minimum atomic E-state index is 0.657. The summed E-state index contributed by atoms with van der Waals surface area (Å²) in [7, 11) is 0. The maximum Gasteiger partial charge on any atom is 0.179 e. The minimum Gasteiger partial charge on any atom is -0.253 e. The molecule has 0 saturated carbocycles. The van der Waals surface area contributed by atoms with Crippen LogP contribution in [0, 0.1) is 6.92 Å². The largest absolute Gasteiger partial charge is 0.253 e. The zero-order valence-electron chi connectivity index (χ0n) is 10.7. The van der Waals surface area contributed by atoms with Crippen molar-refractivity contribution < 1.29 is 0 Å². The normalized spacial score (nSPS) is 10.7. The first-order valence-electron chi connectivity index (χ1n) is 5.97. The number of nitrogens with zero attached hydrogens (tertiary/aromatic N) is 5. The van der Waals surface area contributed by atoms with Gasteiger partial charge in [0.15, 0.2) is 5.82 Å². The molecule has 3 heterocycles. The summed E-state index contributed by atoms with van der Waals surface area (Å²) >= 11 is 2.85. The molecule has 0 spiro atoms. The zero-order chi connectivity index (χ0) is 13.8. The van der Waals surface area contributed by atoms with Crippen LogP contribution in [0.25, 0.3) is 11.5 Å². The second kappa shape index (κ2) is 6.06. The molecule has 0 radical (unpaired) electrons. The summed E-state index contributed by atoms with van der Waals surface area (Å²) in [6.07, 6.45) is 3.53. The van der Waals surface area contributed by atoms with E-state index in [1.54, 1.807) is 24.2 Å². The quantitative estimate of drug-likeness (QED) is 0.545. The van der Waals surface area contributed by atoms with E-state index in [-0.39, 0.29) is 0 Å². The van der Waals surface area contributed by atoms with E-state index in [0.717, 1.165) is 27.9 Å². The highest BCUT2D eigenvalue weighted by Crippen LogP contribution is 2.23. The minimum absolute atomic E-state index is 0.657. The lowest BCUT2D eigenvalue weighted by atomic mass is 10.3. The molecule has 3 rings (SSSR count). The van der Waals surface area contributed by atoms with Gasteiger partial charge >= 0.3 is 0 Å². The molecule has 7 heteroatoms. The molecule has 0 amide bonds. The summed E-state index contributed by atoms with van der Waals surface area (Å²) in [6.45, 7) is 1.96. The lowest BCUT2D eigenvalue weighted by Gasteiger charge is -2.04. The van der Waals surface area contributed by atoms with Crippen molar-refractivity contribution in [3.05, 3.63) is 48.0 Å². The van der Waals surface area contributed by atoms with Gasteiger partial charge in [0, 0.05) is 17.6 Å². The average molecular weight is 301 g/mol. The van der Waals surface area contributed by atoms with Gasteiger partial charge in [-0.25, -0.2) is 9.97 Å². The third-order valence-electron chi connectivity index (χ3n) is 2.50. The van der Waals surface area contributed by atoms with Gasteiger partial charge in [0.25, 0.3) is 0 Å². The Balaban J connectivity index is 1.83. The van der Waals surface area contributed by atoms with Crippen molar-refractivity contribution in [2.45, 2.75) is 17.7 Å². The van der Waals surface area contributed by atoms with E-state index >= 15 is 0 Å². The fourth-order valence-corrected chi connectivity index (χ4v) is 2.97. The van der Waals surface area contributed by atoms with Crippen molar-refractivity contribution >= 4 is 23.5 Å². The summed E-state index contributed by atoms with van der Waals surface area (Å²) in [5, 5.41) is 0.922. The van der Waals surface area contributed by atoms with Gasteiger partial charge < -0.3 is 0 Å². The third-order valence-corrected chi connectivity index (χ3v) is 3.96. The fourth-order valence-electron chi connectivity index (χ4n) is 1.62. The van der Waals surface area contributed by atoms with E-state index in [4.69, 9.17) is 0 Å². The second-order valence-electron chi connectivity index (χ2n) is 4.07. The zero-order valence-corrected chi connectivity index (χ0v) is 12.4. The van der Waals surface area contributed by atoms with Crippen LogP contribution in [0.4, 0.5) is 0 Å². The Kier molecular flexibility index (Phi) is 3.98. The Morgan fingerprint density at radius 2 is 2.20 bits per heavy atom. The van der Waals surface area contributed by atoms with Crippen molar-refractivity contribution in [1.29, 1.82) is 0 Å². The summed E-state index contributed by atoms with van der Waals surface area (Å²) in [4.78, 5) is 13.3. The van der Waals surface area contributed by atoms with E-state index in [1.165, 1.54) is 11.7 Å². The second-order valence-corrected chi connectivity index (χ2v) is 5.63. The summed E-state index contributed by atoms with van der Waals surface area (Å²) in [5.74, 6) is 1.42. The number of pyridine rings is 1. The molecule has 0 bridgehead atoms. The molecule has 0 aliphatic rings. The first kappa shape index (κ1) is 13.1. The van der Waals surface area contributed by atoms with Crippen LogP contribution >= 0.6 is 23.5 Å². The number of rotatable bonds is 4. The van der Waals surface area contributed by atoms with Crippen molar-refractivity contribution in [1.82, 2.24) is 23.7 Å². The van der Waals surface area contributed by atoms with Crippen molar-refractivity contribution in [3.8, 4) is 11.5 Å². The predicted molar refractivity (Wildman–Crippen MR) is 79.5 cm³/mol. The number of hydrogen-bond donors (Lipinski definition) is 0. The molecule has 0 atom stereocenters. The molecule has 5 nitrogen and oxygen atoms in total. The molecule has 0 aliphatic carbocycles. The third kappa shape index (κ3) is 3.17. The number of aryl methyl sites for hydroxylation is 1. The molecule has 20 heavy (non-hydrogen) atoms. The van der Waals surface area contributed by atoms with Gasteiger partial charge in [0.2, 0.25) is 0 Å². The van der Waals surface area contributed by atoms with Gasteiger partial charge in [-0.1, -0.05) is 17.8 Å². The van der Waals surface area contributed by atoms with Gasteiger partial charge in [-0.2, -0.15) is 8.75 Å². The van der Waals surface area contributed by atoms with Gasteiger partial charge in [0.1, 0.15) is 10.7 Å². The van der Waals surface area contributed by atoms with E-state index < -0.39 is 0 Å². The standard InChI is InChI=1S/C13H11N5S2/c1-9-6-12(19-8-10-7-15-20-18-10)17-13(16-9)11-4-2-3-5-14-11/h2-7H,8H2,1H3. The number of thioether (sulfide) groups is 1. The van der Waals surface area contributed by atoms with E-state index in [0.29, 0.717) is 5.82 Å². The summed E-state index contributed by atoms with van der Waals surface area (Å²) < 4.78 is 8.18. The van der Waals surface area contributed by atoms with Gasteiger partial charge in [0.05, 0.1) is 23.6 Å². The van der Waals surface area contributed by atoms with Crippen LogP contribution in [-0.4, -0.2) is 23.7 Å². The van der Waals surface area contributed by atoms with E-state index in [9.17, 15) is 0 Å². The Morgan fingerprint density at radius 1 is 1.25 bits per heavy atom. The highest BCUT2D eigenvalue weighted by atomic mass is 32.2. The monoisotopic (exact) mass is 301 g/mol. The molecular formula is C13H11N5S2. The van der Waals surface area contributed by atoms with Crippen LogP contribution in [0.15, 0.2) is 41.7 Å². The maximum atomic E-state index is 4.55. The summed E-state index contributed by atoms with van der Waals surface area (Å²) in [5.41, 5.74) is 2.68. The predicted octanol–water partition coefficient (Wildman–Crippen LogP) is 2.99. The highest BCUT2D eigenvalue weighted by molar-refractivity contribution is 7.98.